The van der Waals surface area contributed by atoms with Crippen molar-refractivity contribution in [3.05, 3.63) is 57.0 Å². The number of benzene rings is 2. The summed E-state index contributed by atoms with van der Waals surface area (Å²) in [4.78, 5) is 27.7. The quantitative estimate of drug-likeness (QED) is 0.359. The molecule has 9 heteroatoms. The summed E-state index contributed by atoms with van der Waals surface area (Å²) in [6.45, 7) is 0.368. The highest BCUT2D eigenvalue weighted by Crippen LogP contribution is 2.40. The second-order valence-electron chi connectivity index (χ2n) is 6.41. The molecule has 0 bridgehead atoms. The first-order chi connectivity index (χ1) is 13.5. The van der Waals surface area contributed by atoms with Crippen molar-refractivity contribution in [2.75, 3.05) is 6.54 Å². The zero-order valence-corrected chi connectivity index (χ0v) is 17.5. The summed E-state index contributed by atoms with van der Waals surface area (Å²) >= 11 is 6.79. The molecule has 0 unspecified atom stereocenters. The molecule has 2 atom stereocenters. The summed E-state index contributed by atoms with van der Waals surface area (Å²) in [5, 5.41) is 21.2. The van der Waals surface area contributed by atoms with Gasteiger partial charge >= 0.3 is 0 Å². The van der Waals surface area contributed by atoms with Crippen LogP contribution < -0.4 is 5.32 Å². The maximum Gasteiger partial charge on any atom is 0.277 e. The number of nitrogens with one attached hydrogen (secondary N) is 2. The third-order valence-corrected chi connectivity index (χ3v) is 5.78. The largest absolute Gasteiger partial charge is 0.493 e. The standard InChI is InChI=1S/C19H14Br2N4O3/c20-10-6-11-15(13(21)7-10)23-19(28)16(11)24-25-18(27)14-12(8-22-17(14)26)9-4-2-1-3-5-9/h1-7,12,14,23,28H,8H2,(H,22,26)/t12-,14+/m0/s1. The lowest BCUT2D eigenvalue weighted by atomic mass is 9.88. The predicted molar refractivity (Wildman–Crippen MR) is 111 cm³/mol. The van der Waals surface area contributed by atoms with Crippen LogP contribution in [-0.2, 0) is 9.59 Å². The minimum atomic E-state index is -0.947. The molecule has 142 valence electrons. The molecule has 1 fully saturated rings. The van der Waals surface area contributed by atoms with Gasteiger partial charge in [0, 0.05) is 26.8 Å². The van der Waals surface area contributed by atoms with Crippen LogP contribution >= 0.6 is 31.9 Å². The van der Waals surface area contributed by atoms with E-state index in [-0.39, 0.29) is 23.4 Å². The maximum atomic E-state index is 12.7. The number of fused-ring (bicyclic) bond motifs is 1. The van der Waals surface area contributed by atoms with Gasteiger partial charge in [0.15, 0.2) is 5.69 Å². The van der Waals surface area contributed by atoms with E-state index in [1.54, 1.807) is 6.07 Å². The minimum Gasteiger partial charge on any atom is -0.493 e. The topological polar surface area (TPSA) is 107 Å². The van der Waals surface area contributed by atoms with Crippen molar-refractivity contribution in [3.63, 3.8) is 0 Å². The summed E-state index contributed by atoms with van der Waals surface area (Å²) in [5.74, 6) is -2.48. The number of amides is 2. The van der Waals surface area contributed by atoms with Gasteiger partial charge in [0.05, 0.1) is 5.52 Å². The molecule has 0 saturated carbocycles. The molecule has 7 nitrogen and oxygen atoms in total. The van der Waals surface area contributed by atoms with E-state index < -0.39 is 11.8 Å². The molecule has 0 radical (unpaired) electrons. The number of H-pyrrole nitrogens is 1. The minimum absolute atomic E-state index is 0.139. The summed E-state index contributed by atoms with van der Waals surface area (Å²) in [7, 11) is 0. The number of aromatic hydroxyl groups is 1. The van der Waals surface area contributed by atoms with Gasteiger partial charge in [-0.05, 0) is 33.6 Å². The van der Waals surface area contributed by atoms with Crippen LogP contribution in [-0.4, -0.2) is 28.4 Å². The highest BCUT2D eigenvalue weighted by Gasteiger charge is 2.41. The Hall–Kier alpha value is -2.52. The van der Waals surface area contributed by atoms with Gasteiger partial charge in [0.25, 0.3) is 5.91 Å². The first-order valence-electron chi connectivity index (χ1n) is 8.43. The number of aromatic nitrogens is 1. The Labute approximate surface area is 176 Å². The lowest BCUT2D eigenvalue weighted by Gasteiger charge is -2.13. The predicted octanol–water partition coefficient (Wildman–Crippen LogP) is 4.54. The molecule has 1 aliphatic heterocycles. The Morgan fingerprint density at radius 1 is 1.18 bits per heavy atom. The molecule has 2 amide bonds. The van der Waals surface area contributed by atoms with Gasteiger partial charge in [0.1, 0.15) is 5.92 Å². The number of carbonyl (C=O) groups excluding carboxylic acids is 2. The molecule has 0 spiro atoms. The summed E-state index contributed by atoms with van der Waals surface area (Å²) in [5.41, 5.74) is 1.65. The average molecular weight is 506 g/mol. The van der Waals surface area contributed by atoms with Crippen molar-refractivity contribution >= 4 is 60.3 Å². The van der Waals surface area contributed by atoms with Crippen molar-refractivity contribution in [1.29, 1.82) is 0 Å². The summed E-state index contributed by atoms with van der Waals surface area (Å²) < 4.78 is 1.49. The van der Waals surface area contributed by atoms with Crippen LogP contribution in [0, 0.1) is 5.92 Å². The van der Waals surface area contributed by atoms with Crippen molar-refractivity contribution in [2.24, 2.45) is 16.1 Å². The highest BCUT2D eigenvalue weighted by molar-refractivity contribution is 9.11. The monoisotopic (exact) mass is 504 g/mol. The molecule has 2 aromatic carbocycles. The Morgan fingerprint density at radius 2 is 1.93 bits per heavy atom. The average Bonchev–Trinajstić information content (AvgIpc) is 3.21. The molecular formula is C19H14Br2N4O3. The van der Waals surface area contributed by atoms with E-state index in [9.17, 15) is 14.7 Å². The molecule has 28 heavy (non-hydrogen) atoms. The lowest BCUT2D eigenvalue weighted by molar-refractivity contribution is -0.131. The fourth-order valence-corrected chi connectivity index (χ4v) is 4.70. The number of hydrogen-bond acceptors (Lipinski definition) is 4. The van der Waals surface area contributed by atoms with Gasteiger partial charge in [-0.2, -0.15) is 0 Å². The molecule has 3 N–H and O–H groups in total. The molecule has 1 aliphatic rings. The smallest absolute Gasteiger partial charge is 0.277 e. The van der Waals surface area contributed by atoms with Crippen LogP contribution in [0.2, 0.25) is 0 Å². The van der Waals surface area contributed by atoms with Gasteiger partial charge in [-0.3, -0.25) is 9.59 Å². The first kappa shape index (κ1) is 18.8. The van der Waals surface area contributed by atoms with E-state index in [1.807, 2.05) is 36.4 Å². The lowest BCUT2D eigenvalue weighted by Crippen LogP contribution is -2.25. The Bertz CT molecular complexity index is 1110. The highest BCUT2D eigenvalue weighted by atomic mass is 79.9. The molecule has 0 aliphatic carbocycles. The van der Waals surface area contributed by atoms with Crippen LogP contribution in [0.15, 0.2) is 61.6 Å². The fraction of sp³-hybridized carbons (Fsp3) is 0.158. The Morgan fingerprint density at radius 3 is 2.68 bits per heavy atom. The number of carbonyl (C=O) groups is 2. The van der Waals surface area contributed by atoms with Crippen molar-refractivity contribution in [3.8, 4) is 5.88 Å². The van der Waals surface area contributed by atoms with E-state index in [0.717, 1.165) is 14.5 Å². The number of azo groups is 1. The fourth-order valence-electron chi connectivity index (χ4n) is 3.37. The van der Waals surface area contributed by atoms with E-state index in [2.05, 4.69) is 52.4 Å². The zero-order valence-electron chi connectivity index (χ0n) is 14.3. The first-order valence-corrected chi connectivity index (χ1v) is 10.0. The number of hydrogen-bond donors (Lipinski definition) is 3. The molecule has 4 rings (SSSR count). The second-order valence-corrected chi connectivity index (χ2v) is 8.18. The van der Waals surface area contributed by atoms with Gasteiger partial charge in [-0.25, -0.2) is 0 Å². The number of aromatic amines is 1. The van der Waals surface area contributed by atoms with E-state index in [0.29, 0.717) is 17.4 Å². The molecule has 1 aromatic heterocycles. The molecule has 1 saturated heterocycles. The maximum absolute atomic E-state index is 12.7. The number of rotatable bonds is 3. The van der Waals surface area contributed by atoms with Crippen LogP contribution in [0.25, 0.3) is 10.9 Å². The van der Waals surface area contributed by atoms with Gasteiger partial charge in [-0.15, -0.1) is 10.2 Å². The van der Waals surface area contributed by atoms with E-state index in [4.69, 9.17) is 0 Å². The number of halogens is 2. The van der Waals surface area contributed by atoms with Crippen molar-refractivity contribution in [2.45, 2.75) is 5.92 Å². The molecule has 2 heterocycles. The van der Waals surface area contributed by atoms with Crippen molar-refractivity contribution in [1.82, 2.24) is 10.3 Å². The second kappa shape index (κ2) is 7.48. The summed E-state index contributed by atoms with van der Waals surface area (Å²) in [6.07, 6.45) is 0. The van der Waals surface area contributed by atoms with Gasteiger partial charge in [-0.1, -0.05) is 46.3 Å². The van der Waals surface area contributed by atoms with Crippen LogP contribution in [0.1, 0.15) is 11.5 Å². The van der Waals surface area contributed by atoms with E-state index in [1.165, 1.54) is 0 Å². The van der Waals surface area contributed by atoms with Crippen LogP contribution in [0.4, 0.5) is 5.69 Å². The van der Waals surface area contributed by atoms with Crippen LogP contribution in [0.5, 0.6) is 5.88 Å². The Balaban J connectivity index is 1.66. The SMILES string of the molecule is O=C(N=Nc1c(O)[nH]c2c(Br)cc(Br)cc12)[C@H]1C(=O)NC[C@H]1c1ccccc1. The van der Waals surface area contributed by atoms with E-state index >= 15 is 0 Å². The van der Waals surface area contributed by atoms with Crippen molar-refractivity contribution < 1.29 is 14.7 Å². The molecule has 3 aromatic rings. The Kier molecular flexibility index (Phi) is 5.03. The zero-order chi connectivity index (χ0) is 19.8. The third kappa shape index (κ3) is 3.35. The number of nitrogens with zero attached hydrogens (tertiary/aromatic N) is 2. The summed E-state index contributed by atoms with van der Waals surface area (Å²) in [6, 6.07) is 12.9. The third-order valence-electron chi connectivity index (χ3n) is 4.70. The van der Waals surface area contributed by atoms with Crippen LogP contribution in [0.3, 0.4) is 0 Å². The molecular weight excluding hydrogens is 492 g/mol. The normalized spacial score (nSPS) is 19.4. The van der Waals surface area contributed by atoms with Gasteiger partial charge < -0.3 is 15.4 Å². The van der Waals surface area contributed by atoms with Gasteiger partial charge in [0.2, 0.25) is 11.8 Å².